The van der Waals surface area contributed by atoms with Gasteiger partial charge in [-0.1, -0.05) is 32.0 Å². The summed E-state index contributed by atoms with van der Waals surface area (Å²) in [6, 6.07) is 6.40. The molecule has 0 saturated carbocycles. The summed E-state index contributed by atoms with van der Waals surface area (Å²) in [5.41, 5.74) is 2.88. The zero-order chi connectivity index (χ0) is 10.8. The van der Waals surface area contributed by atoms with Gasteiger partial charge < -0.3 is 5.11 Å². The molecule has 1 heteroatoms. The molecule has 0 aliphatic carbocycles. The summed E-state index contributed by atoms with van der Waals surface area (Å²) >= 11 is 0. The van der Waals surface area contributed by atoms with Gasteiger partial charge in [0, 0.05) is 0 Å². The molecule has 78 valence electrons. The largest absolute Gasteiger partial charge is 0.386 e. The lowest BCUT2D eigenvalue weighted by atomic mass is 9.90. The van der Waals surface area contributed by atoms with E-state index < -0.39 is 5.60 Å². The van der Waals surface area contributed by atoms with Gasteiger partial charge in [0.15, 0.2) is 0 Å². The van der Waals surface area contributed by atoms with Gasteiger partial charge in [-0.25, -0.2) is 0 Å². The van der Waals surface area contributed by atoms with Gasteiger partial charge in [0.25, 0.3) is 0 Å². The van der Waals surface area contributed by atoms with E-state index >= 15 is 0 Å². The molecule has 0 heterocycles. The minimum Gasteiger partial charge on any atom is -0.386 e. The van der Waals surface area contributed by atoms with Crippen LogP contribution in [0.4, 0.5) is 0 Å². The quantitative estimate of drug-likeness (QED) is 0.780. The van der Waals surface area contributed by atoms with Crippen LogP contribution < -0.4 is 0 Å². The average molecular weight is 192 g/mol. The predicted molar refractivity (Wildman–Crippen MR) is 60.4 cm³/mol. The number of aliphatic hydroxyl groups is 1. The van der Waals surface area contributed by atoms with E-state index in [9.17, 15) is 5.11 Å². The van der Waals surface area contributed by atoms with E-state index in [1.165, 1.54) is 11.1 Å². The first-order chi connectivity index (χ1) is 6.49. The summed E-state index contributed by atoms with van der Waals surface area (Å²) in [4.78, 5) is 0. The van der Waals surface area contributed by atoms with Crippen LogP contribution in [0.1, 0.15) is 44.4 Å². The fourth-order valence-corrected chi connectivity index (χ4v) is 1.72. The van der Waals surface area contributed by atoms with Crippen LogP contribution in [0.25, 0.3) is 0 Å². The van der Waals surface area contributed by atoms with Crippen molar-refractivity contribution in [3.63, 3.8) is 0 Å². The molecule has 1 aromatic carbocycles. The van der Waals surface area contributed by atoms with Crippen LogP contribution in [-0.4, -0.2) is 5.11 Å². The highest BCUT2D eigenvalue weighted by atomic mass is 16.3. The van der Waals surface area contributed by atoms with Crippen molar-refractivity contribution in [2.45, 2.75) is 46.1 Å². The molecule has 0 bridgehead atoms. The van der Waals surface area contributed by atoms with Crippen molar-refractivity contribution < 1.29 is 5.11 Å². The Morgan fingerprint density at radius 2 is 1.79 bits per heavy atom. The Hall–Kier alpha value is -0.820. The van der Waals surface area contributed by atoms with E-state index in [1.807, 2.05) is 13.8 Å². The van der Waals surface area contributed by atoms with Crippen LogP contribution in [0.15, 0.2) is 18.2 Å². The second kappa shape index (κ2) is 4.14. The lowest BCUT2D eigenvalue weighted by Gasteiger charge is -2.22. The second-order valence-corrected chi connectivity index (χ2v) is 4.26. The monoisotopic (exact) mass is 192 g/mol. The van der Waals surface area contributed by atoms with E-state index in [-0.39, 0.29) is 0 Å². The fraction of sp³-hybridized carbons (Fsp3) is 0.538. The van der Waals surface area contributed by atoms with E-state index in [4.69, 9.17) is 0 Å². The van der Waals surface area contributed by atoms with Crippen molar-refractivity contribution in [1.82, 2.24) is 0 Å². The minimum absolute atomic E-state index is 0.726. The molecule has 0 aliphatic heterocycles. The number of hydrogen-bond acceptors (Lipinski definition) is 1. The number of hydrogen-bond donors (Lipinski definition) is 1. The smallest absolute Gasteiger partial charge is 0.0843 e. The SMILES string of the molecule is CCc1ccc(CC)c(C(C)(C)O)c1. The van der Waals surface area contributed by atoms with E-state index in [0.29, 0.717) is 0 Å². The Morgan fingerprint density at radius 1 is 1.14 bits per heavy atom. The molecular weight excluding hydrogens is 172 g/mol. The average Bonchev–Trinajstić information content (AvgIpc) is 2.15. The molecule has 1 N–H and O–H groups in total. The van der Waals surface area contributed by atoms with Gasteiger partial charge in [-0.15, -0.1) is 0 Å². The molecular formula is C13H20O. The minimum atomic E-state index is -0.726. The van der Waals surface area contributed by atoms with Crippen molar-refractivity contribution >= 4 is 0 Å². The zero-order valence-electron chi connectivity index (χ0n) is 9.59. The summed E-state index contributed by atoms with van der Waals surface area (Å²) in [6.07, 6.45) is 2.00. The molecule has 1 nitrogen and oxygen atoms in total. The third-order valence-electron chi connectivity index (χ3n) is 2.62. The van der Waals surface area contributed by atoms with Crippen molar-refractivity contribution in [3.8, 4) is 0 Å². The predicted octanol–water partition coefficient (Wildman–Crippen LogP) is 3.04. The highest BCUT2D eigenvalue weighted by Gasteiger charge is 2.19. The highest BCUT2D eigenvalue weighted by Crippen LogP contribution is 2.25. The molecule has 0 saturated heterocycles. The van der Waals surface area contributed by atoms with E-state index in [2.05, 4.69) is 32.0 Å². The van der Waals surface area contributed by atoms with Gasteiger partial charge in [0.2, 0.25) is 0 Å². The second-order valence-electron chi connectivity index (χ2n) is 4.26. The Kier molecular flexibility index (Phi) is 3.33. The molecule has 1 aromatic rings. The van der Waals surface area contributed by atoms with Crippen molar-refractivity contribution in [2.24, 2.45) is 0 Å². The number of aryl methyl sites for hydroxylation is 2. The standard InChI is InChI=1S/C13H20O/c1-5-10-7-8-11(6-2)12(9-10)13(3,4)14/h7-9,14H,5-6H2,1-4H3. The summed E-state index contributed by atoms with van der Waals surface area (Å²) in [5.74, 6) is 0. The fourth-order valence-electron chi connectivity index (χ4n) is 1.72. The summed E-state index contributed by atoms with van der Waals surface area (Å²) in [6.45, 7) is 7.95. The van der Waals surface area contributed by atoms with Crippen LogP contribution in [0.2, 0.25) is 0 Å². The Labute approximate surface area is 86.8 Å². The van der Waals surface area contributed by atoms with Gasteiger partial charge in [-0.3, -0.25) is 0 Å². The first-order valence-corrected chi connectivity index (χ1v) is 5.33. The first kappa shape index (κ1) is 11.3. The lowest BCUT2D eigenvalue weighted by Crippen LogP contribution is -2.18. The Balaban J connectivity index is 3.22. The summed E-state index contributed by atoms with van der Waals surface area (Å²) in [7, 11) is 0. The van der Waals surface area contributed by atoms with Gasteiger partial charge in [-0.05, 0) is 43.4 Å². The number of benzene rings is 1. The topological polar surface area (TPSA) is 20.2 Å². The highest BCUT2D eigenvalue weighted by molar-refractivity contribution is 5.35. The van der Waals surface area contributed by atoms with Crippen molar-refractivity contribution in [3.05, 3.63) is 34.9 Å². The van der Waals surface area contributed by atoms with Crippen LogP contribution >= 0.6 is 0 Å². The maximum absolute atomic E-state index is 10.0. The normalized spacial score (nSPS) is 11.8. The Morgan fingerprint density at radius 3 is 2.21 bits per heavy atom. The van der Waals surface area contributed by atoms with E-state index in [0.717, 1.165) is 18.4 Å². The maximum atomic E-state index is 10.0. The van der Waals surface area contributed by atoms with Crippen LogP contribution in [0.3, 0.4) is 0 Å². The van der Waals surface area contributed by atoms with Gasteiger partial charge in [0.05, 0.1) is 5.60 Å². The third-order valence-corrected chi connectivity index (χ3v) is 2.62. The Bertz CT molecular complexity index is 308. The van der Waals surface area contributed by atoms with Crippen LogP contribution in [-0.2, 0) is 18.4 Å². The van der Waals surface area contributed by atoms with Gasteiger partial charge in [0.1, 0.15) is 0 Å². The molecule has 0 amide bonds. The molecule has 0 aliphatic rings. The maximum Gasteiger partial charge on any atom is 0.0843 e. The third kappa shape index (κ3) is 2.36. The summed E-state index contributed by atoms with van der Waals surface area (Å²) in [5, 5.41) is 10.0. The molecule has 0 radical (unpaired) electrons. The molecule has 0 spiro atoms. The molecule has 14 heavy (non-hydrogen) atoms. The molecule has 0 fully saturated rings. The molecule has 0 unspecified atom stereocenters. The van der Waals surface area contributed by atoms with Crippen LogP contribution in [0.5, 0.6) is 0 Å². The van der Waals surface area contributed by atoms with Crippen molar-refractivity contribution in [2.75, 3.05) is 0 Å². The first-order valence-electron chi connectivity index (χ1n) is 5.33. The summed E-state index contributed by atoms with van der Waals surface area (Å²) < 4.78 is 0. The molecule has 0 atom stereocenters. The van der Waals surface area contributed by atoms with E-state index in [1.54, 1.807) is 0 Å². The molecule has 1 rings (SSSR count). The van der Waals surface area contributed by atoms with Crippen molar-refractivity contribution in [1.29, 1.82) is 0 Å². The molecule has 0 aromatic heterocycles. The van der Waals surface area contributed by atoms with Gasteiger partial charge >= 0.3 is 0 Å². The zero-order valence-corrected chi connectivity index (χ0v) is 9.59. The van der Waals surface area contributed by atoms with Gasteiger partial charge in [-0.2, -0.15) is 0 Å². The van der Waals surface area contributed by atoms with Crippen LogP contribution in [0, 0.1) is 0 Å². The number of rotatable bonds is 3. The lowest BCUT2D eigenvalue weighted by molar-refractivity contribution is 0.0776.